The second-order valence-corrected chi connectivity index (χ2v) is 9.59. The molecule has 6 rings (SSSR count). The quantitative estimate of drug-likeness (QED) is 0.367. The number of tetrazole rings is 1. The fourth-order valence-electron chi connectivity index (χ4n) is 5.15. The van der Waals surface area contributed by atoms with Gasteiger partial charge in [0, 0.05) is 22.2 Å². The van der Waals surface area contributed by atoms with Crippen molar-refractivity contribution in [2.24, 2.45) is 0 Å². The van der Waals surface area contributed by atoms with Crippen LogP contribution >= 0.6 is 23.2 Å². The van der Waals surface area contributed by atoms with Crippen LogP contribution in [0.25, 0.3) is 0 Å². The van der Waals surface area contributed by atoms with Crippen LogP contribution in [0.3, 0.4) is 0 Å². The number of aromatic nitrogens is 4. The Labute approximate surface area is 218 Å². The molecule has 8 nitrogen and oxygen atoms in total. The van der Waals surface area contributed by atoms with Crippen molar-refractivity contribution in [3.05, 3.63) is 92.7 Å². The monoisotopic (exact) mass is 523 g/mol. The molecule has 3 heterocycles. The van der Waals surface area contributed by atoms with Crippen LogP contribution in [0.15, 0.2) is 54.6 Å². The molecular weight excluding hydrogens is 501 g/mol. The number of halogens is 2. The lowest BCUT2D eigenvalue weighted by molar-refractivity contribution is 0.170. The number of benzene rings is 3. The summed E-state index contributed by atoms with van der Waals surface area (Å²) in [5, 5.41) is 14.3. The van der Waals surface area contributed by atoms with Gasteiger partial charge in [-0.05, 0) is 58.8 Å². The fraction of sp³-hybridized carbons (Fsp3) is 0.269. The van der Waals surface area contributed by atoms with Crippen LogP contribution in [-0.2, 0) is 6.42 Å². The molecule has 0 bridgehead atoms. The SMILES string of the molecule is COc1c2c(cc3c1C(c1nnnn1C(c1ccccc1Cl)c1ccccc1Cl)N(C)CC3)OCO2. The van der Waals surface area contributed by atoms with Crippen LogP contribution in [0.5, 0.6) is 17.2 Å². The maximum Gasteiger partial charge on any atom is 0.231 e. The second-order valence-electron chi connectivity index (χ2n) is 8.78. The summed E-state index contributed by atoms with van der Waals surface area (Å²) in [5.41, 5.74) is 3.76. The lowest BCUT2D eigenvalue weighted by Crippen LogP contribution is -2.36. The maximum absolute atomic E-state index is 6.71. The standard InChI is InChI=1S/C26H23Cl2N5O3/c1-32-12-11-15-13-20-24(36-14-35-20)25(34-2)21(15)23(32)26-29-30-31-33(26)22(16-7-3-5-9-18(16)27)17-8-4-6-10-19(17)28/h3-10,13,22-23H,11-12,14H2,1-2H3. The third-order valence-corrected chi connectivity index (χ3v) is 7.49. The largest absolute Gasteiger partial charge is 0.492 e. The second kappa shape index (κ2) is 9.28. The molecule has 0 aliphatic carbocycles. The Kier molecular flexibility index (Phi) is 5.95. The lowest BCUT2D eigenvalue weighted by Gasteiger charge is -2.35. The van der Waals surface area contributed by atoms with E-state index in [2.05, 4.69) is 27.5 Å². The van der Waals surface area contributed by atoms with E-state index in [9.17, 15) is 0 Å². The average Bonchev–Trinajstić information content (AvgIpc) is 3.55. The first-order valence-corrected chi connectivity index (χ1v) is 12.3. The molecule has 0 saturated carbocycles. The van der Waals surface area contributed by atoms with Crippen LogP contribution in [0.2, 0.25) is 10.0 Å². The molecule has 10 heteroatoms. The van der Waals surface area contributed by atoms with Gasteiger partial charge in [-0.25, -0.2) is 4.68 Å². The highest BCUT2D eigenvalue weighted by atomic mass is 35.5. The van der Waals surface area contributed by atoms with E-state index in [1.54, 1.807) is 7.11 Å². The number of hydrogen-bond donors (Lipinski definition) is 0. The number of likely N-dealkylation sites (N-methyl/N-ethyl adjacent to an activating group) is 1. The molecule has 0 spiro atoms. The van der Waals surface area contributed by atoms with Gasteiger partial charge in [-0.15, -0.1) is 5.10 Å². The van der Waals surface area contributed by atoms with E-state index in [0.717, 1.165) is 35.2 Å². The third-order valence-electron chi connectivity index (χ3n) is 6.80. The van der Waals surface area contributed by atoms with E-state index < -0.39 is 6.04 Å². The topological polar surface area (TPSA) is 74.5 Å². The number of fused-ring (bicyclic) bond motifs is 2. The van der Waals surface area contributed by atoms with Gasteiger partial charge in [0.05, 0.1) is 7.11 Å². The van der Waals surface area contributed by atoms with Crippen molar-refractivity contribution in [2.45, 2.75) is 18.5 Å². The summed E-state index contributed by atoms with van der Waals surface area (Å²) >= 11 is 13.4. The highest BCUT2D eigenvalue weighted by Crippen LogP contribution is 2.51. The van der Waals surface area contributed by atoms with Crippen molar-refractivity contribution >= 4 is 23.2 Å². The predicted molar refractivity (Wildman–Crippen MR) is 135 cm³/mol. The fourth-order valence-corrected chi connectivity index (χ4v) is 5.63. The zero-order valence-electron chi connectivity index (χ0n) is 19.7. The van der Waals surface area contributed by atoms with E-state index in [1.807, 2.05) is 59.3 Å². The Hall–Kier alpha value is -3.33. The lowest BCUT2D eigenvalue weighted by atomic mass is 9.90. The number of rotatable bonds is 5. The summed E-state index contributed by atoms with van der Waals surface area (Å²) in [6.45, 7) is 0.962. The highest BCUT2D eigenvalue weighted by molar-refractivity contribution is 6.32. The van der Waals surface area contributed by atoms with Crippen molar-refractivity contribution in [1.29, 1.82) is 0 Å². The van der Waals surface area contributed by atoms with Gasteiger partial charge >= 0.3 is 0 Å². The van der Waals surface area contributed by atoms with Crippen LogP contribution in [-0.4, -0.2) is 52.6 Å². The minimum Gasteiger partial charge on any atom is -0.492 e. The van der Waals surface area contributed by atoms with Crippen molar-refractivity contribution in [2.75, 3.05) is 27.5 Å². The molecule has 2 aliphatic rings. The minimum absolute atomic E-state index is 0.161. The molecule has 0 N–H and O–H groups in total. The van der Waals surface area contributed by atoms with Gasteiger partial charge in [0.2, 0.25) is 12.5 Å². The molecule has 0 saturated heterocycles. The maximum atomic E-state index is 6.71. The summed E-state index contributed by atoms with van der Waals surface area (Å²) < 4.78 is 19.1. The van der Waals surface area contributed by atoms with Gasteiger partial charge in [0.15, 0.2) is 17.3 Å². The highest BCUT2D eigenvalue weighted by Gasteiger charge is 2.39. The molecule has 1 unspecified atom stereocenters. The van der Waals surface area contributed by atoms with Gasteiger partial charge in [-0.2, -0.15) is 0 Å². The zero-order chi connectivity index (χ0) is 24.8. The molecule has 0 radical (unpaired) electrons. The molecule has 1 aromatic heterocycles. The Morgan fingerprint density at radius 2 is 1.72 bits per heavy atom. The Balaban J connectivity index is 1.58. The summed E-state index contributed by atoms with van der Waals surface area (Å²) in [5.74, 6) is 2.57. The van der Waals surface area contributed by atoms with Gasteiger partial charge in [0.1, 0.15) is 12.1 Å². The zero-order valence-corrected chi connectivity index (χ0v) is 21.2. The number of methoxy groups -OCH3 is 1. The molecular formula is C26H23Cl2N5O3. The molecule has 0 amide bonds. The molecule has 2 aliphatic heterocycles. The van der Waals surface area contributed by atoms with Crippen molar-refractivity contribution < 1.29 is 14.2 Å². The Morgan fingerprint density at radius 3 is 2.39 bits per heavy atom. The van der Waals surface area contributed by atoms with E-state index in [4.69, 9.17) is 37.4 Å². The summed E-state index contributed by atoms with van der Waals surface area (Å²) in [6.07, 6.45) is 0.829. The number of nitrogens with zero attached hydrogens (tertiary/aromatic N) is 5. The van der Waals surface area contributed by atoms with Gasteiger partial charge < -0.3 is 14.2 Å². The van der Waals surface area contributed by atoms with Gasteiger partial charge in [0.25, 0.3) is 0 Å². The van der Waals surface area contributed by atoms with E-state index in [0.29, 0.717) is 33.1 Å². The molecule has 184 valence electrons. The smallest absolute Gasteiger partial charge is 0.231 e. The Morgan fingerprint density at radius 1 is 1.03 bits per heavy atom. The van der Waals surface area contributed by atoms with E-state index in [1.165, 1.54) is 0 Å². The normalized spacial score (nSPS) is 16.9. The molecule has 0 fully saturated rings. The van der Waals surface area contributed by atoms with Crippen molar-refractivity contribution in [3.63, 3.8) is 0 Å². The van der Waals surface area contributed by atoms with Crippen LogP contribution in [0.1, 0.15) is 40.2 Å². The first-order chi connectivity index (χ1) is 17.6. The molecule has 36 heavy (non-hydrogen) atoms. The number of ether oxygens (including phenoxy) is 3. The summed E-state index contributed by atoms with van der Waals surface area (Å²) in [7, 11) is 3.69. The minimum atomic E-state index is -0.448. The van der Waals surface area contributed by atoms with Crippen LogP contribution < -0.4 is 14.2 Å². The van der Waals surface area contributed by atoms with E-state index in [-0.39, 0.29) is 12.8 Å². The van der Waals surface area contributed by atoms with Crippen LogP contribution in [0, 0.1) is 0 Å². The van der Waals surface area contributed by atoms with E-state index >= 15 is 0 Å². The molecule has 3 aromatic carbocycles. The Bertz CT molecular complexity index is 1400. The summed E-state index contributed by atoms with van der Waals surface area (Å²) in [6, 6.07) is 16.6. The first-order valence-electron chi connectivity index (χ1n) is 11.5. The molecule has 1 atom stereocenters. The van der Waals surface area contributed by atoms with Gasteiger partial charge in [-0.3, -0.25) is 4.90 Å². The molecule has 4 aromatic rings. The first kappa shape index (κ1) is 23.1. The van der Waals surface area contributed by atoms with Gasteiger partial charge in [-0.1, -0.05) is 59.6 Å². The summed E-state index contributed by atoms with van der Waals surface area (Å²) in [4.78, 5) is 2.21. The van der Waals surface area contributed by atoms with Crippen molar-refractivity contribution in [3.8, 4) is 17.2 Å². The number of hydrogen-bond acceptors (Lipinski definition) is 7. The average molecular weight is 524 g/mol. The van der Waals surface area contributed by atoms with Crippen molar-refractivity contribution in [1.82, 2.24) is 25.1 Å². The van der Waals surface area contributed by atoms with Crippen LogP contribution in [0.4, 0.5) is 0 Å². The third kappa shape index (κ3) is 3.68. The predicted octanol–water partition coefficient (Wildman–Crippen LogP) is 4.93.